The molecule has 1 N–H and O–H groups in total. The Bertz CT molecular complexity index is 960. The molecule has 0 aromatic heterocycles. The molecule has 10 heteroatoms. The molecule has 0 spiro atoms. The van der Waals surface area contributed by atoms with Crippen molar-refractivity contribution in [2.75, 3.05) is 12.1 Å². The van der Waals surface area contributed by atoms with Crippen molar-refractivity contribution in [2.45, 2.75) is 6.92 Å². The summed E-state index contributed by atoms with van der Waals surface area (Å²) in [5.74, 6) is -0.346. The maximum Gasteiger partial charge on any atom is 0.271 e. The lowest BCUT2D eigenvalue weighted by Crippen LogP contribution is -2.15. The molecule has 1 amide bonds. The minimum atomic E-state index is -0.762. The van der Waals surface area contributed by atoms with E-state index < -0.39 is 10.8 Å². The van der Waals surface area contributed by atoms with E-state index in [2.05, 4.69) is 5.32 Å². The highest BCUT2D eigenvalue weighted by molar-refractivity contribution is 6.44. The number of nitrogens with zero attached hydrogens (tertiary/aromatic N) is 1. The van der Waals surface area contributed by atoms with Crippen molar-refractivity contribution >= 4 is 46.3 Å². The number of fused-ring (bicyclic) bond motifs is 1. The minimum absolute atomic E-state index is 0.00358. The number of non-ortho nitro benzene ring substituents is 1. The van der Waals surface area contributed by atoms with Crippen molar-refractivity contribution in [3.8, 4) is 11.5 Å². The maximum absolute atomic E-state index is 12.6. The summed E-state index contributed by atoms with van der Waals surface area (Å²) >= 11 is 11.9. The monoisotopic (exact) mass is 396 g/mol. The van der Waals surface area contributed by atoms with Gasteiger partial charge in [-0.25, -0.2) is 0 Å². The number of hydrogen-bond acceptors (Lipinski definition) is 6. The van der Waals surface area contributed by atoms with Crippen LogP contribution in [0.1, 0.15) is 27.6 Å². The Kier molecular flexibility index (Phi) is 4.71. The first-order chi connectivity index (χ1) is 12.3. The van der Waals surface area contributed by atoms with Gasteiger partial charge in [0.15, 0.2) is 17.3 Å². The highest BCUT2D eigenvalue weighted by Gasteiger charge is 2.23. The third-order valence-corrected chi connectivity index (χ3v) is 4.41. The lowest BCUT2D eigenvalue weighted by molar-refractivity contribution is -0.384. The molecule has 0 unspecified atom stereocenters. The molecule has 0 radical (unpaired) electrons. The predicted molar refractivity (Wildman–Crippen MR) is 93.6 cm³/mol. The van der Waals surface area contributed by atoms with Gasteiger partial charge in [-0.05, 0) is 13.0 Å². The van der Waals surface area contributed by atoms with Gasteiger partial charge >= 0.3 is 0 Å². The summed E-state index contributed by atoms with van der Waals surface area (Å²) in [6.07, 6.45) is 0. The van der Waals surface area contributed by atoms with Crippen molar-refractivity contribution in [3.63, 3.8) is 0 Å². The molecular weight excluding hydrogens is 387 g/mol. The van der Waals surface area contributed by atoms with Crippen molar-refractivity contribution in [1.82, 2.24) is 0 Å². The fraction of sp³-hybridized carbons (Fsp3) is 0.125. The van der Waals surface area contributed by atoms with Gasteiger partial charge in [-0.1, -0.05) is 23.2 Å². The highest BCUT2D eigenvalue weighted by Crippen LogP contribution is 2.38. The number of nitrogens with one attached hydrogen (secondary N) is 1. The number of anilines is 1. The molecule has 1 aliphatic rings. The van der Waals surface area contributed by atoms with Crippen LogP contribution in [-0.2, 0) is 0 Å². The first-order valence-electron chi connectivity index (χ1n) is 7.17. The number of rotatable bonds is 4. The number of nitro groups is 1. The van der Waals surface area contributed by atoms with E-state index in [1.807, 2.05) is 0 Å². The first kappa shape index (κ1) is 18.0. The van der Waals surface area contributed by atoms with E-state index in [0.29, 0.717) is 11.5 Å². The number of ether oxygens (including phenoxy) is 2. The van der Waals surface area contributed by atoms with Crippen molar-refractivity contribution in [1.29, 1.82) is 0 Å². The molecule has 134 valence electrons. The topological polar surface area (TPSA) is 108 Å². The summed E-state index contributed by atoms with van der Waals surface area (Å²) in [5, 5.41) is 13.2. The summed E-state index contributed by atoms with van der Waals surface area (Å²) in [4.78, 5) is 34.7. The SMILES string of the molecule is CC(=O)c1cc2c(cc1NC(=O)c1cc([N+](=O)[O-])cc(Cl)c1Cl)OCO2. The van der Waals surface area contributed by atoms with E-state index in [9.17, 15) is 19.7 Å². The van der Waals surface area contributed by atoms with E-state index in [1.165, 1.54) is 19.1 Å². The maximum atomic E-state index is 12.6. The normalized spacial score (nSPS) is 12.0. The van der Waals surface area contributed by atoms with Crippen LogP contribution in [0.5, 0.6) is 11.5 Å². The number of amides is 1. The van der Waals surface area contributed by atoms with Gasteiger partial charge in [0.1, 0.15) is 0 Å². The number of halogens is 2. The van der Waals surface area contributed by atoms with Crippen molar-refractivity contribution in [2.24, 2.45) is 0 Å². The molecule has 0 saturated heterocycles. The molecule has 3 rings (SSSR count). The van der Waals surface area contributed by atoms with Crippen molar-refractivity contribution < 1.29 is 24.0 Å². The zero-order valence-corrected chi connectivity index (χ0v) is 14.7. The second-order valence-electron chi connectivity index (χ2n) is 5.31. The minimum Gasteiger partial charge on any atom is -0.454 e. The lowest BCUT2D eigenvalue weighted by atomic mass is 10.1. The van der Waals surface area contributed by atoms with Gasteiger partial charge in [-0.3, -0.25) is 19.7 Å². The van der Waals surface area contributed by atoms with Gasteiger partial charge in [-0.2, -0.15) is 0 Å². The third-order valence-electron chi connectivity index (χ3n) is 3.61. The van der Waals surface area contributed by atoms with Crippen LogP contribution in [-0.4, -0.2) is 23.4 Å². The molecule has 1 heterocycles. The Morgan fingerprint density at radius 1 is 1.12 bits per heavy atom. The zero-order valence-electron chi connectivity index (χ0n) is 13.2. The summed E-state index contributed by atoms with van der Waals surface area (Å²) in [6, 6.07) is 4.93. The molecule has 0 aliphatic carbocycles. The number of Topliss-reactive ketones (excluding diaryl/α,β-unsaturated/α-hetero) is 1. The van der Waals surface area contributed by atoms with E-state index in [4.69, 9.17) is 32.7 Å². The molecule has 8 nitrogen and oxygen atoms in total. The largest absolute Gasteiger partial charge is 0.454 e. The first-order valence-corrected chi connectivity index (χ1v) is 7.93. The second-order valence-corrected chi connectivity index (χ2v) is 6.09. The van der Waals surface area contributed by atoms with Crippen LogP contribution in [0.4, 0.5) is 11.4 Å². The van der Waals surface area contributed by atoms with Gasteiger partial charge < -0.3 is 14.8 Å². The van der Waals surface area contributed by atoms with Crippen LogP contribution in [0.3, 0.4) is 0 Å². The third kappa shape index (κ3) is 3.29. The number of benzene rings is 2. The van der Waals surface area contributed by atoms with Crippen LogP contribution in [0.25, 0.3) is 0 Å². The summed E-state index contributed by atoms with van der Waals surface area (Å²) < 4.78 is 10.4. The Morgan fingerprint density at radius 2 is 1.77 bits per heavy atom. The van der Waals surface area contributed by atoms with Crippen molar-refractivity contribution in [3.05, 3.63) is 55.6 Å². The van der Waals surface area contributed by atoms with Crippen LogP contribution in [0.15, 0.2) is 24.3 Å². The fourth-order valence-corrected chi connectivity index (χ4v) is 2.78. The van der Waals surface area contributed by atoms with Crippen LogP contribution >= 0.6 is 23.2 Å². The standard InChI is InChI=1S/C16H10Cl2N2O6/c1-7(21)9-4-13-14(26-6-25-13)5-12(9)19-16(22)10-2-8(20(23)24)3-11(17)15(10)18/h2-5H,6H2,1H3,(H,19,22). The average molecular weight is 397 g/mol. The number of carbonyl (C=O) groups excluding carboxylic acids is 2. The van der Waals surface area contributed by atoms with Crippen LogP contribution in [0, 0.1) is 10.1 Å². The smallest absolute Gasteiger partial charge is 0.271 e. The van der Waals surface area contributed by atoms with Gasteiger partial charge in [-0.15, -0.1) is 0 Å². The Balaban J connectivity index is 2.01. The second kappa shape index (κ2) is 6.81. The van der Waals surface area contributed by atoms with Crippen LogP contribution < -0.4 is 14.8 Å². The molecule has 2 aromatic carbocycles. The number of nitro benzene ring substituents is 1. The lowest BCUT2D eigenvalue weighted by Gasteiger charge is -2.12. The molecule has 2 aromatic rings. The van der Waals surface area contributed by atoms with Crippen LogP contribution in [0.2, 0.25) is 10.0 Å². The summed E-state index contributed by atoms with van der Waals surface area (Å²) in [7, 11) is 0. The molecule has 26 heavy (non-hydrogen) atoms. The Morgan fingerprint density at radius 3 is 2.38 bits per heavy atom. The molecule has 0 saturated carbocycles. The Labute approximate surface area is 156 Å². The molecular formula is C16H10Cl2N2O6. The van der Waals surface area contributed by atoms with E-state index in [0.717, 1.165) is 12.1 Å². The fourth-order valence-electron chi connectivity index (χ4n) is 2.37. The number of ketones is 1. The summed E-state index contributed by atoms with van der Waals surface area (Å²) in [6.45, 7) is 1.32. The van der Waals surface area contributed by atoms with E-state index in [-0.39, 0.29) is 45.1 Å². The number of hydrogen-bond donors (Lipinski definition) is 1. The molecule has 0 bridgehead atoms. The quantitative estimate of drug-likeness (QED) is 0.473. The molecule has 1 aliphatic heterocycles. The van der Waals surface area contributed by atoms with E-state index >= 15 is 0 Å². The van der Waals surface area contributed by atoms with Gasteiger partial charge in [0, 0.05) is 23.8 Å². The van der Waals surface area contributed by atoms with Gasteiger partial charge in [0.2, 0.25) is 6.79 Å². The van der Waals surface area contributed by atoms with E-state index in [1.54, 1.807) is 0 Å². The van der Waals surface area contributed by atoms with Gasteiger partial charge in [0.05, 0.1) is 26.2 Å². The average Bonchev–Trinajstić information content (AvgIpc) is 3.03. The molecule has 0 fully saturated rings. The molecule has 0 atom stereocenters. The predicted octanol–water partition coefficient (Wildman–Crippen LogP) is 4.09. The highest BCUT2D eigenvalue weighted by atomic mass is 35.5. The summed E-state index contributed by atoms with van der Waals surface area (Å²) in [5.41, 5.74) is -0.235. The van der Waals surface area contributed by atoms with Gasteiger partial charge in [0.25, 0.3) is 11.6 Å². The zero-order chi connectivity index (χ0) is 19.0. The Hall–Kier alpha value is -2.84. The number of carbonyl (C=O) groups is 2.